The highest BCUT2D eigenvalue weighted by Crippen LogP contribution is 2.61. The number of unbranched alkanes of at least 4 members (excludes halogenated alkanes) is 9. The zero-order valence-corrected chi connectivity index (χ0v) is 38.9. The van der Waals surface area contributed by atoms with Crippen LogP contribution in [0.5, 0.6) is 5.75 Å². The van der Waals surface area contributed by atoms with Crippen LogP contribution in [0.3, 0.4) is 0 Å². The lowest BCUT2D eigenvalue weighted by molar-refractivity contribution is -0.129. The molecule has 344 valence electrons. The molecule has 1 aliphatic heterocycles. The second kappa shape index (κ2) is 20.7. The van der Waals surface area contributed by atoms with Crippen LogP contribution in [0.15, 0.2) is 59.5 Å². The van der Waals surface area contributed by atoms with E-state index in [2.05, 4.69) is 42.9 Å². The van der Waals surface area contributed by atoms with Crippen LogP contribution >= 0.6 is 0 Å². The van der Waals surface area contributed by atoms with Crippen molar-refractivity contribution in [3.8, 4) is 11.4 Å². The largest absolute Gasteiger partial charge is 0.494 e. The molecule has 4 aromatic rings. The lowest BCUT2D eigenvalue weighted by Crippen LogP contribution is -2.48. The molecule has 4 bridgehead atoms. The number of benzene rings is 2. The number of nitrogens with zero attached hydrogens (tertiary/aromatic N) is 5. The molecule has 5 saturated carbocycles. The van der Waals surface area contributed by atoms with Gasteiger partial charge in [0.15, 0.2) is 5.65 Å². The Balaban J connectivity index is 0.653. The molecule has 11 nitrogen and oxygen atoms in total. The molecule has 3 heterocycles. The number of nitrogens with one attached hydrogen (secondary N) is 3. The first-order valence-corrected chi connectivity index (χ1v) is 25.2. The fraction of sp³-hybridized carbons (Fsp3) is 0.623. The standard InChI is InChI=1S/C53H74N8O3/c1-38-26-50(63)61(45-15-13-14-43(30-45)55-36-39-16-17-39)51-46(38)37-56-52(58-51)57-47-19-18-44(31-48(47)64-2)60-24-22-59(23-25-60)21-12-10-8-6-4-3-5-7-9-11-20-54-49(62)35-53-32-40-27-41(33-53)29-42(28-40)34-53/h13-15,18-19,26,30-31,37,39-42,55H,3-12,16-17,20-25,27-29,32-36H2,1-2H3,(H,54,62)(H,56,57,58). The molecule has 0 spiro atoms. The fourth-order valence-electron chi connectivity index (χ4n) is 12.2. The first-order chi connectivity index (χ1) is 31.3. The number of piperazine rings is 1. The van der Waals surface area contributed by atoms with Gasteiger partial charge in [-0.1, -0.05) is 57.4 Å². The van der Waals surface area contributed by atoms with Gasteiger partial charge >= 0.3 is 0 Å². The van der Waals surface area contributed by atoms with E-state index in [1.165, 1.54) is 116 Å². The molecule has 2 aromatic carbocycles. The van der Waals surface area contributed by atoms with E-state index in [0.717, 1.165) is 115 Å². The zero-order valence-electron chi connectivity index (χ0n) is 38.9. The summed E-state index contributed by atoms with van der Waals surface area (Å²) < 4.78 is 7.56. The number of fused-ring (bicyclic) bond motifs is 1. The molecular formula is C53H74N8O3. The number of aromatic nitrogens is 3. The maximum Gasteiger partial charge on any atom is 0.257 e. The Morgan fingerprint density at radius 3 is 2.19 bits per heavy atom. The van der Waals surface area contributed by atoms with Crippen molar-refractivity contribution >= 4 is 40.0 Å². The number of anilines is 4. The molecule has 2 aromatic heterocycles. The van der Waals surface area contributed by atoms with Gasteiger partial charge in [-0.15, -0.1) is 0 Å². The summed E-state index contributed by atoms with van der Waals surface area (Å²) in [6.07, 6.45) is 26.4. The number of aryl methyl sites for hydroxylation is 1. The fourth-order valence-corrected chi connectivity index (χ4v) is 12.2. The third-order valence-corrected chi connectivity index (χ3v) is 15.5. The Kier molecular flexibility index (Phi) is 14.4. The molecule has 6 aliphatic rings. The lowest BCUT2D eigenvalue weighted by Gasteiger charge is -2.56. The van der Waals surface area contributed by atoms with E-state index in [4.69, 9.17) is 9.72 Å². The maximum atomic E-state index is 13.5. The van der Waals surface area contributed by atoms with Gasteiger partial charge in [0, 0.05) is 80.8 Å². The van der Waals surface area contributed by atoms with Crippen molar-refractivity contribution in [3.05, 3.63) is 70.6 Å². The van der Waals surface area contributed by atoms with Gasteiger partial charge in [-0.2, -0.15) is 4.98 Å². The van der Waals surface area contributed by atoms with Crippen molar-refractivity contribution in [2.24, 2.45) is 29.1 Å². The quantitative estimate of drug-likeness (QED) is 0.0627. The van der Waals surface area contributed by atoms with Gasteiger partial charge in [-0.25, -0.2) is 4.98 Å². The highest BCUT2D eigenvalue weighted by molar-refractivity contribution is 5.81. The number of methoxy groups -OCH3 is 1. The van der Waals surface area contributed by atoms with Crippen LogP contribution in [0.25, 0.3) is 16.7 Å². The van der Waals surface area contributed by atoms with Crippen LogP contribution in [-0.4, -0.2) is 78.3 Å². The van der Waals surface area contributed by atoms with Gasteiger partial charge < -0.3 is 25.6 Å². The Morgan fingerprint density at radius 2 is 1.50 bits per heavy atom. The normalized spacial score (nSPS) is 22.8. The molecule has 1 saturated heterocycles. The van der Waals surface area contributed by atoms with Gasteiger partial charge in [-0.05, 0) is 143 Å². The number of hydrogen-bond acceptors (Lipinski definition) is 9. The van der Waals surface area contributed by atoms with E-state index in [-0.39, 0.29) is 5.56 Å². The topological polar surface area (TPSA) is 117 Å². The van der Waals surface area contributed by atoms with E-state index in [0.29, 0.717) is 22.9 Å². The summed E-state index contributed by atoms with van der Waals surface area (Å²) in [6.45, 7) is 9.05. The summed E-state index contributed by atoms with van der Waals surface area (Å²) >= 11 is 0. The van der Waals surface area contributed by atoms with Crippen molar-refractivity contribution in [3.63, 3.8) is 0 Å². The first kappa shape index (κ1) is 44.6. The summed E-state index contributed by atoms with van der Waals surface area (Å²) in [5.41, 5.74) is 5.33. The van der Waals surface area contributed by atoms with Crippen molar-refractivity contribution in [2.75, 3.05) is 68.5 Å². The summed E-state index contributed by atoms with van der Waals surface area (Å²) in [5.74, 6) is 4.97. The number of rotatable bonds is 23. The summed E-state index contributed by atoms with van der Waals surface area (Å²) in [5, 5.41) is 11.0. The van der Waals surface area contributed by atoms with E-state index in [1.54, 1.807) is 23.9 Å². The number of pyridine rings is 1. The SMILES string of the molecule is COc1cc(N2CCN(CCCCCCCCCCCCNC(=O)CC34CC5CC(CC(C5)C3)C4)CC2)ccc1Nc1ncc2c(C)cc(=O)n(-c3cccc(NCC4CC4)c3)c2n1. The summed E-state index contributed by atoms with van der Waals surface area (Å²) in [4.78, 5) is 40.9. The van der Waals surface area contributed by atoms with Crippen molar-refractivity contribution < 1.29 is 9.53 Å². The molecule has 1 amide bonds. The molecule has 0 atom stereocenters. The third kappa shape index (κ3) is 11.2. The van der Waals surface area contributed by atoms with Gasteiger partial charge in [-0.3, -0.25) is 19.1 Å². The van der Waals surface area contributed by atoms with Gasteiger partial charge in [0.05, 0.1) is 18.5 Å². The number of carbonyl (C=O) groups is 1. The van der Waals surface area contributed by atoms with Crippen LogP contribution in [-0.2, 0) is 4.79 Å². The molecule has 0 radical (unpaired) electrons. The maximum absolute atomic E-state index is 13.5. The molecule has 6 fully saturated rings. The van der Waals surface area contributed by atoms with Gasteiger partial charge in [0.1, 0.15) is 5.75 Å². The lowest BCUT2D eigenvalue weighted by atomic mass is 9.49. The smallest absolute Gasteiger partial charge is 0.257 e. The second-order valence-electron chi connectivity index (χ2n) is 20.6. The summed E-state index contributed by atoms with van der Waals surface area (Å²) in [6, 6.07) is 15.9. The van der Waals surface area contributed by atoms with Crippen molar-refractivity contribution in [1.82, 2.24) is 24.8 Å². The van der Waals surface area contributed by atoms with Crippen molar-refractivity contribution in [1.29, 1.82) is 0 Å². The highest BCUT2D eigenvalue weighted by Gasteiger charge is 2.51. The minimum atomic E-state index is -0.125. The van der Waals surface area contributed by atoms with Crippen LogP contribution in [0, 0.1) is 36.0 Å². The molecule has 10 rings (SSSR count). The predicted octanol–water partition coefficient (Wildman–Crippen LogP) is 10.4. The molecule has 3 N–H and O–H groups in total. The Labute approximate surface area is 381 Å². The second-order valence-corrected chi connectivity index (χ2v) is 20.6. The average Bonchev–Trinajstić information content (AvgIpc) is 4.12. The van der Waals surface area contributed by atoms with Crippen LogP contribution in [0.2, 0.25) is 0 Å². The predicted molar refractivity (Wildman–Crippen MR) is 260 cm³/mol. The average molecular weight is 871 g/mol. The molecule has 11 heteroatoms. The number of carbonyl (C=O) groups excluding carboxylic acids is 1. The van der Waals surface area contributed by atoms with Crippen LogP contribution in [0.4, 0.5) is 23.0 Å². The van der Waals surface area contributed by atoms with Gasteiger partial charge in [0.25, 0.3) is 5.56 Å². The van der Waals surface area contributed by atoms with E-state index < -0.39 is 0 Å². The summed E-state index contributed by atoms with van der Waals surface area (Å²) in [7, 11) is 1.70. The Bertz CT molecular complexity index is 2230. The van der Waals surface area contributed by atoms with Crippen LogP contribution in [0.1, 0.15) is 128 Å². The van der Waals surface area contributed by atoms with E-state index in [1.807, 2.05) is 37.3 Å². The minimum Gasteiger partial charge on any atom is -0.494 e. The molecule has 0 unspecified atom stereocenters. The van der Waals surface area contributed by atoms with Crippen molar-refractivity contribution in [2.45, 2.75) is 129 Å². The highest BCUT2D eigenvalue weighted by atomic mass is 16.5. The Morgan fingerprint density at radius 1 is 0.812 bits per heavy atom. The number of ether oxygens (including phenoxy) is 1. The number of hydrogen-bond donors (Lipinski definition) is 3. The van der Waals surface area contributed by atoms with E-state index in [9.17, 15) is 9.59 Å². The van der Waals surface area contributed by atoms with E-state index >= 15 is 0 Å². The molecule has 5 aliphatic carbocycles. The molecule has 64 heavy (non-hydrogen) atoms. The zero-order chi connectivity index (χ0) is 43.9. The molecular weight excluding hydrogens is 797 g/mol. The first-order valence-electron chi connectivity index (χ1n) is 25.2. The third-order valence-electron chi connectivity index (χ3n) is 15.5. The number of amides is 1. The monoisotopic (exact) mass is 871 g/mol. The van der Waals surface area contributed by atoms with Gasteiger partial charge in [0.2, 0.25) is 11.9 Å². The van der Waals surface area contributed by atoms with Crippen LogP contribution < -0.4 is 31.1 Å². The minimum absolute atomic E-state index is 0.125. The Hall–Kier alpha value is -4.64.